The predicted octanol–water partition coefficient (Wildman–Crippen LogP) is 2.66. The number of nitrogens with zero attached hydrogens (tertiary/aromatic N) is 1. The van der Waals surface area contributed by atoms with Crippen molar-refractivity contribution in [1.29, 1.82) is 0 Å². The minimum Gasteiger partial charge on any atom is -0.485 e. The average molecular weight is 297 g/mol. The largest absolute Gasteiger partial charge is 0.485 e. The maximum Gasteiger partial charge on any atom is 0.138 e. The first-order valence-corrected chi connectivity index (χ1v) is 5.83. The number of pyridine rings is 1. The van der Waals surface area contributed by atoms with Crippen LogP contribution in [0.2, 0.25) is 0 Å². The van der Waals surface area contributed by atoms with Gasteiger partial charge >= 0.3 is 0 Å². The van der Waals surface area contributed by atoms with Gasteiger partial charge in [0.25, 0.3) is 0 Å². The summed E-state index contributed by atoms with van der Waals surface area (Å²) >= 11 is 8.24. The molecule has 1 heterocycles. The Morgan fingerprint density at radius 3 is 3.00 bits per heavy atom. The van der Waals surface area contributed by atoms with E-state index in [4.69, 9.17) is 22.7 Å². The van der Waals surface area contributed by atoms with E-state index in [0.29, 0.717) is 10.7 Å². The zero-order valence-electron chi connectivity index (χ0n) is 8.31. The summed E-state index contributed by atoms with van der Waals surface area (Å²) in [5.41, 5.74) is 6.30. The van der Waals surface area contributed by atoms with E-state index in [9.17, 15) is 0 Å². The first-order valence-electron chi connectivity index (χ1n) is 4.63. The van der Waals surface area contributed by atoms with Crippen LogP contribution in [-0.4, -0.2) is 16.6 Å². The van der Waals surface area contributed by atoms with Crippen molar-refractivity contribution in [2.75, 3.05) is 6.61 Å². The molecule has 0 aliphatic rings. The number of halogens is 1. The molecule has 82 valence electrons. The lowest BCUT2D eigenvalue weighted by atomic mass is 10.2. The summed E-state index contributed by atoms with van der Waals surface area (Å²) < 4.78 is 6.34. The van der Waals surface area contributed by atoms with E-state index in [1.807, 2.05) is 24.3 Å². The fourth-order valence-electron chi connectivity index (χ4n) is 1.36. The molecule has 2 N–H and O–H groups in total. The highest BCUT2D eigenvalue weighted by molar-refractivity contribution is 9.10. The maximum atomic E-state index is 5.47. The van der Waals surface area contributed by atoms with Crippen LogP contribution in [0.3, 0.4) is 0 Å². The highest BCUT2D eigenvalue weighted by Crippen LogP contribution is 2.31. The van der Waals surface area contributed by atoms with Gasteiger partial charge in [0.1, 0.15) is 17.3 Å². The fraction of sp³-hybridized carbons (Fsp3) is 0.0909. The molecule has 0 aliphatic carbocycles. The van der Waals surface area contributed by atoms with Crippen molar-refractivity contribution in [1.82, 2.24) is 4.98 Å². The van der Waals surface area contributed by atoms with Crippen molar-refractivity contribution < 1.29 is 4.74 Å². The molecule has 0 saturated heterocycles. The molecule has 2 aromatic rings. The molecule has 0 radical (unpaired) electrons. The Balaban J connectivity index is 2.40. The monoisotopic (exact) mass is 296 g/mol. The lowest BCUT2D eigenvalue weighted by molar-refractivity contribution is 0.376. The second-order valence-electron chi connectivity index (χ2n) is 3.20. The molecule has 1 aromatic carbocycles. The van der Waals surface area contributed by atoms with Crippen LogP contribution in [-0.2, 0) is 0 Å². The maximum absolute atomic E-state index is 5.47. The van der Waals surface area contributed by atoms with Crippen LogP contribution in [0.25, 0.3) is 10.9 Å². The van der Waals surface area contributed by atoms with Crippen LogP contribution < -0.4 is 10.5 Å². The number of hydrogen-bond acceptors (Lipinski definition) is 3. The van der Waals surface area contributed by atoms with Gasteiger partial charge in [-0.2, -0.15) is 0 Å². The van der Waals surface area contributed by atoms with Gasteiger partial charge in [0.2, 0.25) is 0 Å². The zero-order chi connectivity index (χ0) is 11.5. The minimum absolute atomic E-state index is 0.236. The Morgan fingerprint density at radius 2 is 2.25 bits per heavy atom. The Bertz CT molecular complexity index is 544. The third-order valence-corrected chi connectivity index (χ3v) is 2.99. The lowest BCUT2D eigenvalue weighted by Gasteiger charge is -2.08. The summed E-state index contributed by atoms with van der Waals surface area (Å²) in [4.78, 5) is 4.57. The number of fused-ring (bicyclic) bond motifs is 1. The van der Waals surface area contributed by atoms with Crippen molar-refractivity contribution in [3.05, 3.63) is 34.9 Å². The number of ether oxygens (including phenoxy) is 1. The van der Waals surface area contributed by atoms with Crippen LogP contribution in [0.5, 0.6) is 5.75 Å². The number of aromatic nitrogens is 1. The smallest absolute Gasteiger partial charge is 0.138 e. The molecule has 16 heavy (non-hydrogen) atoms. The number of benzene rings is 1. The molecule has 2 rings (SSSR count). The van der Waals surface area contributed by atoms with Crippen LogP contribution in [0.1, 0.15) is 0 Å². The molecule has 0 aliphatic heterocycles. The molecule has 0 bridgehead atoms. The topological polar surface area (TPSA) is 48.1 Å². The van der Waals surface area contributed by atoms with Crippen LogP contribution in [0, 0.1) is 0 Å². The summed E-state index contributed by atoms with van der Waals surface area (Å²) in [6, 6.07) is 7.59. The van der Waals surface area contributed by atoms with Crippen molar-refractivity contribution in [2.45, 2.75) is 0 Å². The quantitative estimate of drug-likeness (QED) is 0.885. The van der Waals surface area contributed by atoms with E-state index >= 15 is 0 Å². The van der Waals surface area contributed by atoms with Gasteiger partial charge in [-0.15, -0.1) is 0 Å². The zero-order valence-corrected chi connectivity index (χ0v) is 10.7. The number of rotatable bonds is 3. The molecule has 0 fully saturated rings. The Morgan fingerprint density at radius 1 is 1.44 bits per heavy atom. The predicted molar refractivity (Wildman–Crippen MR) is 71.7 cm³/mol. The standard InChI is InChI=1S/C11H9BrN2OS/c12-11-7-2-1-5-14-8(7)3-4-9(11)15-6-10(13)16/h1-5H,6H2,(H2,13,16). The first kappa shape index (κ1) is 11.3. The Hall–Kier alpha value is -1.20. The SMILES string of the molecule is NC(=S)COc1ccc2ncccc2c1Br. The van der Waals surface area contributed by atoms with Crippen molar-refractivity contribution >= 4 is 44.0 Å². The Kier molecular flexibility index (Phi) is 3.36. The van der Waals surface area contributed by atoms with Crippen molar-refractivity contribution in [3.8, 4) is 5.75 Å². The van der Waals surface area contributed by atoms with E-state index < -0.39 is 0 Å². The molecule has 0 saturated carbocycles. The van der Waals surface area contributed by atoms with Gasteiger partial charge in [0.05, 0.1) is 9.99 Å². The lowest BCUT2D eigenvalue weighted by Crippen LogP contribution is -2.17. The molecule has 0 spiro atoms. The average Bonchev–Trinajstić information content (AvgIpc) is 2.28. The first-order chi connectivity index (χ1) is 7.68. The van der Waals surface area contributed by atoms with E-state index in [2.05, 4.69) is 20.9 Å². The summed E-state index contributed by atoms with van der Waals surface area (Å²) in [7, 11) is 0. The van der Waals surface area contributed by atoms with Gasteiger partial charge in [0.15, 0.2) is 0 Å². The molecule has 0 unspecified atom stereocenters. The summed E-state index contributed by atoms with van der Waals surface area (Å²) in [5, 5.41) is 1.00. The molecule has 0 amide bonds. The van der Waals surface area contributed by atoms with Crippen LogP contribution >= 0.6 is 28.1 Å². The number of thiocarbonyl (C=S) groups is 1. The summed E-state index contributed by atoms with van der Waals surface area (Å²) in [6.45, 7) is 0.236. The molecular weight excluding hydrogens is 288 g/mol. The molecule has 1 aromatic heterocycles. The normalized spacial score (nSPS) is 10.3. The van der Waals surface area contributed by atoms with E-state index in [-0.39, 0.29) is 6.61 Å². The van der Waals surface area contributed by atoms with Gasteiger partial charge in [-0.1, -0.05) is 18.3 Å². The van der Waals surface area contributed by atoms with Crippen LogP contribution in [0.15, 0.2) is 34.9 Å². The highest BCUT2D eigenvalue weighted by atomic mass is 79.9. The summed E-state index contributed by atoms with van der Waals surface area (Å²) in [6.07, 6.45) is 1.75. The van der Waals surface area contributed by atoms with Crippen LogP contribution in [0.4, 0.5) is 0 Å². The van der Waals surface area contributed by atoms with Crippen molar-refractivity contribution in [3.63, 3.8) is 0 Å². The third-order valence-electron chi connectivity index (χ3n) is 2.05. The minimum atomic E-state index is 0.236. The van der Waals surface area contributed by atoms with Gasteiger partial charge in [0, 0.05) is 11.6 Å². The summed E-state index contributed by atoms with van der Waals surface area (Å²) in [5.74, 6) is 0.716. The van der Waals surface area contributed by atoms with Crippen molar-refractivity contribution in [2.24, 2.45) is 5.73 Å². The highest BCUT2D eigenvalue weighted by Gasteiger charge is 2.06. The molecule has 5 heteroatoms. The van der Waals surface area contributed by atoms with Gasteiger partial charge < -0.3 is 10.5 Å². The molecular formula is C11H9BrN2OS. The van der Waals surface area contributed by atoms with Gasteiger partial charge in [-0.05, 0) is 34.1 Å². The van der Waals surface area contributed by atoms with E-state index in [0.717, 1.165) is 15.4 Å². The number of nitrogens with two attached hydrogens (primary N) is 1. The second kappa shape index (κ2) is 4.76. The molecule has 3 nitrogen and oxygen atoms in total. The Labute approximate surface area is 107 Å². The van der Waals surface area contributed by atoms with Gasteiger partial charge in [-0.25, -0.2) is 0 Å². The van der Waals surface area contributed by atoms with E-state index in [1.165, 1.54) is 0 Å². The third kappa shape index (κ3) is 2.31. The second-order valence-corrected chi connectivity index (χ2v) is 4.52. The van der Waals surface area contributed by atoms with Gasteiger partial charge in [-0.3, -0.25) is 4.98 Å². The number of hydrogen-bond donors (Lipinski definition) is 1. The fourth-order valence-corrected chi connectivity index (χ4v) is 2.00. The molecule has 0 atom stereocenters. The van der Waals surface area contributed by atoms with E-state index in [1.54, 1.807) is 6.20 Å².